The number of carboxylic acids is 1. The molecule has 1 amide bonds. The number of esters is 2. The third-order valence-corrected chi connectivity index (χ3v) is 5.12. The molecule has 0 spiro atoms. The monoisotopic (exact) mass is 486 g/mol. The van der Waals surface area contributed by atoms with Gasteiger partial charge in [0.05, 0.1) is 22.4 Å². The Morgan fingerprint density at radius 3 is 1.72 bits per heavy atom. The first-order valence-electron chi connectivity index (χ1n) is 10.8. The average molecular weight is 486 g/mol. The molecule has 3 aromatic rings. The third kappa shape index (κ3) is 6.33. The molecule has 0 bridgehead atoms. The molecule has 36 heavy (non-hydrogen) atoms. The van der Waals surface area contributed by atoms with Crippen LogP contribution in [-0.4, -0.2) is 41.1 Å². The van der Waals surface area contributed by atoms with Crippen LogP contribution in [0.4, 0.5) is 5.69 Å². The van der Waals surface area contributed by atoms with Gasteiger partial charge in [-0.3, -0.25) is 4.79 Å². The molecular weight excluding hydrogens is 464 g/mol. The standard InChI is InChI=1S/C27H22N2O7/c1-16-7-11-18(12-8-16)26(33)35-22(24(30)29-21-6-4-3-5-20(21)15-28)23(25(31)32)36-27(34)19-13-9-17(2)10-14-19/h3-14,22-23H,1-2H3,(H,29,30)(H,31,32)/t22-,23+/m0/s1. The summed E-state index contributed by atoms with van der Waals surface area (Å²) < 4.78 is 10.4. The van der Waals surface area contributed by atoms with Gasteiger partial charge >= 0.3 is 17.9 Å². The van der Waals surface area contributed by atoms with Crippen LogP contribution in [0.3, 0.4) is 0 Å². The number of amides is 1. The molecule has 0 unspecified atom stereocenters. The van der Waals surface area contributed by atoms with Gasteiger partial charge in [0, 0.05) is 0 Å². The maximum absolute atomic E-state index is 13.2. The van der Waals surface area contributed by atoms with E-state index in [0.29, 0.717) is 0 Å². The van der Waals surface area contributed by atoms with Gasteiger partial charge < -0.3 is 19.9 Å². The number of rotatable bonds is 8. The lowest BCUT2D eigenvalue weighted by molar-refractivity contribution is -0.157. The second-order valence-electron chi connectivity index (χ2n) is 7.87. The van der Waals surface area contributed by atoms with E-state index < -0.39 is 36.0 Å². The Labute approximate surface area is 206 Å². The van der Waals surface area contributed by atoms with Gasteiger partial charge in [-0.2, -0.15) is 5.26 Å². The molecule has 0 radical (unpaired) electrons. The van der Waals surface area contributed by atoms with E-state index in [4.69, 9.17) is 9.47 Å². The zero-order chi connectivity index (χ0) is 26.2. The molecule has 9 heteroatoms. The van der Waals surface area contributed by atoms with Gasteiger partial charge in [-0.25, -0.2) is 14.4 Å². The number of benzene rings is 3. The van der Waals surface area contributed by atoms with Crippen molar-refractivity contribution in [3.8, 4) is 6.07 Å². The molecule has 0 aliphatic rings. The van der Waals surface area contributed by atoms with Gasteiger partial charge in [-0.1, -0.05) is 47.5 Å². The number of para-hydroxylation sites is 1. The Morgan fingerprint density at radius 2 is 1.25 bits per heavy atom. The van der Waals surface area contributed by atoms with Crippen molar-refractivity contribution in [3.63, 3.8) is 0 Å². The van der Waals surface area contributed by atoms with E-state index in [2.05, 4.69) is 5.32 Å². The first-order valence-corrected chi connectivity index (χ1v) is 10.8. The number of ether oxygens (including phenoxy) is 2. The summed E-state index contributed by atoms with van der Waals surface area (Å²) in [6, 6.07) is 20.2. The number of nitriles is 1. The highest BCUT2D eigenvalue weighted by atomic mass is 16.6. The van der Waals surface area contributed by atoms with Crippen molar-refractivity contribution < 1.29 is 33.8 Å². The fourth-order valence-corrected chi connectivity index (χ4v) is 3.13. The van der Waals surface area contributed by atoms with E-state index in [-0.39, 0.29) is 22.4 Å². The van der Waals surface area contributed by atoms with Crippen LogP contribution in [0.15, 0.2) is 72.8 Å². The summed E-state index contributed by atoms with van der Waals surface area (Å²) in [5.41, 5.74) is 2.00. The quantitative estimate of drug-likeness (QED) is 0.459. The highest BCUT2D eigenvalue weighted by Crippen LogP contribution is 2.18. The van der Waals surface area contributed by atoms with E-state index in [9.17, 15) is 29.5 Å². The van der Waals surface area contributed by atoms with Crippen LogP contribution in [0.2, 0.25) is 0 Å². The zero-order valence-electron chi connectivity index (χ0n) is 19.4. The maximum Gasteiger partial charge on any atom is 0.349 e. The van der Waals surface area contributed by atoms with Gasteiger partial charge in [-0.05, 0) is 50.2 Å². The van der Waals surface area contributed by atoms with Crippen molar-refractivity contribution in [1.82, 2.24) is 0 Å². The van der Waals surface area contributed by atoms with Gasteiger partial charge in [0.2, 0.25) is 12.2 Å². The van der Waals surface area contributed by atoms with Crippen molar-refractivity contribution in [1.29, 1.82) is 5.26 Å². The Hall–Kier alpha value is -4.97. The number of aliphatic carboxylic acids is 1. The van der Waals surface area contributed by atoms with Crippen LogP contribution < -0.4 is 5.32 Å². The number of carbonyl (C=O) groups is 4. The van der Waals surface area contributed by atoms with Crippen molar-refractivity contribution in [2.45, 2.75) is 26.1 Å². The number of carbonyl (C=O) groups excluding carboxylic acids is 3. The van der Waals surface area contributed by atoms with Gasteiger partial charge in [0.15, 0.2) is 0 Å². The van der Waals surface area contributed by atoms with Crippen molar-refractivity contribution >= 4 is 29.5 Å². The fourth-order valence-electron chi connectivity index (χ4n) is 3.13. The Bertz CT molecular complexity index is 1330. The Morgan fingerprint density at radius 1 is 0.778 bits per heavy atom. The van der Waals surface area contributed by atoms with Crippen molar-refractivity contribution in [2.24, 2.45) is 0 Å². The van der Waals surface area contributed by atoms with E-state index >= 15 is 0 Å². The lowest BCUT2D eigenvalue weighted by Crippen LogP contribution is -2.48. The number of carboxylic acid groups (broad SMARTS) is 1. The summed E-state index contributed by atoms with van der Waals surface area (Å²) in [7, 11) is 0. The van der Waals surface area contributed by atoms with Crippen LogP contribution >= 0.6 is 0 Å². The molecule has 0 saturated carbocycles. The van der Waals surface area contributed by atoms with Gasteiger partial charge in [-0.15, -0.1) is 0 Å². The summed E-state index contributed by atoms with van der Waals surface area (Å²) in [6.07, 6.45) is -4.25. The van der Waals surface area contributed by atoms with Crippen LogP contribution in [0.5, 0.6) is 0 Å². The summed E-state index contributed by atoms with van der Waals surface area (Å²) in [5, 5.41) is 21.5. The van der Waals surface area contributed by atoms with Crippen molar-refractivity contribution in [3.05, 3.63) is 101 Å². The molecule has 3 aromatic carbocycles. The lowest BCUT2D eigenvalue weighted by atomic mass is 10.1. The number of nitrogens with zero attached hydrogens (tertiary/aromatic N) is 1. The SMILES string of the molecule is Cc1ccc(C(=O)O[C@H](C(=O)Nc2ccccc2C#N)[C@@H](OC(=O)c2ccc(C)cc2)C(=O)O)cc1. The van der Waals surface area contributed by atoms with Crippen LogP contribution in [-0.2, 0) is 19.1 Å². The van der Waals surface area contributed by atoms with E-state index in [1.165, 1.54) is 36.4 Å². The zero-order valence-corrected chi connectivity index (χ0v) is 19.4. The summed E-state index contributed by atoms with van der Waals surface area (Å²) in [6.45, 7) is 3.61. The Kier molecular flexibility index (Phi) is 8.15. The van der Waals surface area contributed by atoms with E-state index in [1.54, 1.807) is 43.3 Å². The molecule has 2 atom stereocenters. The minimum Gasteiger partial charge on any atom is -0.478 e. The number of hydrogen-bond acceptors (Lipinski definition) is 7. The van der Waals surface area contributed by atoms with Crippen LogP contribution in [0.25, 0.3) is 0 Å². The third-order valence-electron chi connectivity index (χ3n) is 5.12. The highest BCUT2D eigenvalue weighted by molar-refractivity contribution is 6.02. The molecule has 9 nitrogen and oxygen atoms in total. The fraction of sp³-hybridized carbons (Fsp3) is 0.148. The molecule has 0 heterocycles. The second kappa shape index (κ2) is 11.4. The smallest absolute Gasteiger partial charge is 0.349 e. The van der Waals surface area contributed by atoms with Gasteiger partial charge in [0.1, 0.15) is 6.07 Å². The topological polar surface area (TPSA) is 143 Å². The first kappa shape index (κ1) is 25.6. The van der Waals surface area contributed by atoms with Crippen LogP contribution in [0.1, 0.15) is 37.4 Å². The predicted octanol–water partition coefficient (Wildman–Crippen LogP) is 3.65. The normalized spacial score (nSPS) is 11.9. The van der Waals surface area contributed by atoms with Crippen molar-refractivity contribution in [2.75, 3.05) is 5.32 Å². The first-order chi connectivity index (χ1) is 17.2. The molecule has 2 N–H and O–H groups in total. The summed E-state index contributed by atoms with van der Waals surface area (Å²) in [4.78, 5) is 50.7. The summed E-state index contributed by atoms with van der Waals surface area (Å²) in [5.74, 6) is -4.83. The summed E-state index contributed by atoms with van der Waals surface area (Å²) >= 11 is 0. The average Bonchev–Trinajstić information content (AvgIpc) is 2.86. The van der Waals surface area contributed by atoms with Gasteiger partial charge in [0.25, 0.3) is 5.91 Å². The molecule has 0 aromatic heterocycles. The second-order valence-corrected chi connectivity index (χ2v) is 7.87. The Balaban J connectivity index is 1.94. The number of nitrogens with one attached hydrogen (secondary N) is 1. The molecule has 0 fully saturated rings. The molecular formula is C27H22N2O7. The molecule has 0 aliphatic carbocycles. The number of anilines is 1. The van der Waals surface area contributed by atoms with E-state index in [1.807, 2.05) is 13.0 Å². The maximum atomic E-state index is 13.2. The minimum absolute atomic E-state index is 0.0469. The number of hydrogen-bond donors (Lipinski definition) is 2. The predicted molar refractivity (Wildman–Crippen MR) is 128 cm³/mol. The number of aryl methyl sites for hydroxylation is 2. The van der Waals surface area contributed by atoms with E-state index in [0.717, 1.165) is 11.1 Å². The minimum atomic E-state index is -2.18. The molecule has 182 valence electrons. The lowest BCUT2D eigenvalue weighted by Gasteiger charge is -2.24. The molecule has 0 saturated heterocycles. The molecule has 3 rings (SSSR count). The highest BCUT2D eigenvalue weighted by Gasteiger charge is 2.41. The van der Waals surface area contributed by atoms with Crippen LogP contribution in [0, 0.1) is 25.2 Å². The molecule has 0 aliphatic heterocycles. The largest absolute Gasteiger partial charge is 0.478 e.